The maximum absolute atomic E-state index is 12.3. The van der Waals surface area contributed by atoms with Crippen LogP contribution in [0.5, 0.6) is 0 Å². The highest BCUT2D eigenvalue weighted by Gasteiger charge is 2.40. The molecule has 0 aromatic carbocycles. The minimum atomic E-state index is -0.0399. The number of carbonyl (C=O) groups excluding carboxylic acids is 1. The lowest BCUT2D eigenvalue weighted by atomic mass is 10.1. The molecule has 18 heavy (non-hydrogen) atoms. The van der Waals surface area contributed by atoms with Gasteiger partial charge in [-0.05, 0) is 12.3 Å². The van der Waals surface area contributed by atoms with E-state index in [9.17, 15) is 4.79 Å². The van der Waals surface area contributed by atoms with Crippen LogP contribution in [0.2, 0.25) is 0 Å². The van der Waals surface area contributed by atoms with Crippen LogP contribution >= 0.6 is 0 Å². The summed E-state index contributed by atoms with van der Waals surface area (Å²) in [6, 6.07) is -0.0399. The summed E-state index contributed by atoms with van der Waals surface area (Å²) in [5.74, 6) is 0.598. The van der Waals surface area contributed by atoms with Crippen LogP contribution in [0.4, 0.5) is 0 Å². The van der Waals surface area contributed by atoms with Gasteiger partial charge in [-0.2, -0.15) is 0 Å². The molecule has 3 atom stereocenters. The lowest BCUT2D eigenvalue weighted by molar-refractivity contribution is -0.137. The highest BCUT2D eigenvalue weighted by atomic mass is 16.6. The predicted molar refractivity (Wildman–Crippen MR) is 68.1 cm³/mol. The first-order chi connectivity index (χ1) is 8.63. The molecule has 2 saturated heterocycles. The van der Waals surface area contributed by atoms with Gasteiger partial charge in [0.25, 0.3) is 0 Å². The summed E-state index contributed by atoms with van der Waals surface area (Å²) in [5, 5.41) is 3.41. The molecule has 2 fully saturated rings. The summed E-state index contributed by atoms with van der Waals surface area (Å²) < 4.78 is 11.0. The van der Waals surface area contributed by atoms with Gasteiger partial charge in [0.2, 0.25) is 5.91 Å². The van der Waals surface area contributed by atoms with E-state index in [-0.39, 0.29) is 24.2 Å². The highest BCUT2D eigenvalue weighted by Crippen LogP contribution is 2.20. The Morgan fingerprint density at radius 3 is 2.78 bits per heavy atom. The van der Waals surface area contributed by atoms with E-state index >= 15 is 0 Å². The van der Waals surface area contributed by atoms with Crippen molar-refractivity contribution in [2.75, 3.05) is 26.4 Å². The van der Waals surface area contributed by atoms with Crippen molar-refractivity contribution in [1.29, 1.82) is 0 Å². The quantitative estimate of drug-likeness (QED) is 0.800. The van der Waals surface area contributed by atoms with Crippen LogP contribution in [0.15, 0.2) is 0 Å². The lowest BCUT2D eigenvalue weighted by Crippen LogP contribution is -2.47. The van der Waals surface area contributed by atoms with Crippen LogP contribution in [0.3, 0.4) is 0 Å². The van der Waals surface area contributed by atoms with Crippen molar-refractivity contribution >= 4 is 5.91 Å². The zero-order valence-corrected chi connectivity index (χ0v) is 11.5. The second-order valence-electron chi connectivity index (χ2n) is 5.37. The van der Waals surface area contributed by atoms with E-state index in [1.807, 2.05) is 11.8 Å². The normalized spacial score (nSPS) is 33.4. The molecule has 2 rings (SSSR count). The summed E-state index contributed by atoms with van der Waals surface area (Å²) in [6.45, 7) is 8.81. The lowest BCUT2D eigenvalue weighted by Gasteiger charge is -2.32. The number of nitrogens with zero attached hydrogens (tertiary/aromatic N) is 1. The summed E-state index contributed by atoms with van der Waals surface area (Å²) >= 11 is 0. The minimum absolute atomic E-state index is 0.0151. The Morgan fingerprint density at radius 1 is 1.44 bits per heavy atom. The van der Waals surface area contributed by atoms with E-state index in [1.165, 1.54) is 0 Å². The minimum Gasteiger partial charge on any atom is -0.376 e. The number of hydrogen-bond acceptors (Lipinski definition) is 4. The first kappa shape index (κ1) is 13.8. The first-order valence-electron chi connectivity index (χ1n) is 6.89. The van der Waals surface area contributed by atoms with Crippen LogP contribution in [0.25, 0.3) is 0 Å². The van der Waals surface area contributed by atoms with Gasteiger partial charge < -0.3 is 14.4 Å². The van der Waals surface area contributed by atoms with Crippen molar-refractivity contribution in [3.8, 4) is 0 Å². The van der Waals surface area contributed by atoms with Crippen molar-refractivity contribution in [3.63, 3.8) is 0 Å². The van der Waals surface area contributed by atoms with Gasteiger partial charge >= 0.3 is 0 Å². The van der Waals surface area contributed by atoms with Crippen LogP contribution in [0, 0.1) is 5.92 Å². The average molecular weight is 256 g/mol. The smallest absolute Gasteiger partial charge is 0.241 e. The molecular weight excluding hydrogens is 232 g/mol. The van der Waals surface area contributed by atoms with Crippen molar-refractivity contribution < 1.29 is 14.3 Å². The van der Waals surface area contributed by atoms with Crippen molar-refractivity contribution in [2.45, 2.75) is 45.5 Å². The van der Waals surface area contributed by atoms with Crippen LogP contribution in [-0.2, 0) is 14.3 Å². The summed E-state index contributed by atoms with van der Waals surface area (Å²) in [5.41, 5.74) is 0. The average Bonchev–Trinajstić information content (AvgIpc) is 2.68. The molecule has 0 aliphatic carbocycles. The molecule has 5 nitrogen and oxygen atoms in total. The predicted octanol–water partition coefficient (Wildman–Crippen LogP) is 0.594. The van der Waals surface area contributed by atoms with Gasteiger partial charge in [-0.25, -0.2) is 0 Å². The molecule has 1 N–H and O–H groups in total. The number of rotatable bonds is 4. The van der Waals surface area contributed by atoms with Gasteiger partial charge in [-0.3, -0.25) is 10.1 Å². The van der Waals surface area contributed by atoms with E-state index in [0.29, 0.717) is 32.3 Å². The fraction of sp³-hybridized carbons (Fsp3) is 0.923. The van der Waals surface area contributed by atoms with Gasteiger partial charge in [-0.1, -0.05) is 20.8 Å². The summed E-state index contributed by atoms with van der Waals surface area (Å²) in [6.07, 6.45) is 0.968. The third-order valence-corrected chi connectivity index (χ3v) is 3.61. The second-order valence-corrected chi connectivity index (χ2v) is 5.37. The fourth-order valence-corrected chi connectivity index (χ4v) is 2.61. The molecule has 3 unspecified atom stereocenters. The molecular formula is C13H24N2O3. The molecule has 0 saturated carbocycles. The Morgan fingerprint density at radius 2 is 2.22 bits per heavy atom. The molecule has 0 aromatic rings. The number of amides is 1. The van der Waals surface area contributed by atoms with E-state index in [1.54, 1.807) is 0 Å². The SMILES string of the molecule is CCC1NC(C(C)C)N(CC2COCCO2)C1=O. The van der Waals surface area contributed by atoms with Crippen LogP contribution in [0.1, 0.15) is 27.2 Å². The standard InChI is InChI=1S/C13H24N2O3/c1-4-11-13(16)15(12(14-11)9(2)3)7-10-8-17-5-6-18-10/h9-12,14H,4-8H2,1-3H3. The van der Waals surface area contributed by atoms with E-state index in [0.717, 1.165) is 6.42 Å². The maximum Gasteiger partial charge on any atom is 0.241 e. The molecule has 104 valence electrons. The van der Waals surface area contributed by atoms with E-state index < -0.39 is 0 Å². The molecule has 1 amide bonds. The monoisotopic (exact) mass is 256 g/mol. The van der Waals surface area contributed by atoms with Gasteiger partial charge in [0.1, 0.15) is 0 Å². The first-order valence-corrected chi connectivity index (χ1v) is 6.89. The third-order valence-electron chi connectivity index (χ3n) is 3.61. The maximum atomic E-state index is 12.3. The molecule has 2 aliphatic heterocycles. The van der Waals surface area contributed by atoms with Crippen LogP contribution in [-0.4, -0.2) is 55.5 Å². The van der Waals surface area contributed by atoms with Gasteiger partial charge in [0.05, 0.1) is 44.7 Å². The van der Waals surface area contributed by atoms with Gasteiger partial charge in [0, 0.05) is 0 Å². The summed E-state index contributed by atoms with van der Waals surface area (Å²) in [7, 11) is 0. The molecule has 2 heterocycles. The topological polar surface area (TPSA) is 50.8 Å². The Kier molecular flexibility index (Phi) is 4.59. The largest absolute Gasteiger partial charge is 0.376 e. The van der Waals surface area contributed by atoms with Crippen molar-refractivity contribution in [2.24, 2.45) is 5.92 Å². The summed E-state index contributed by atoms with van der Waals surface area (Å²) in [4.78, 5) is 14.2. The third kappa shape index (κ3) is 2.84. The number of ether oxygens (including phenoxy) is 2. The molecule has 0 bridgehead atoms. The zero-order valence-electron chi connectivity index (χ0n) is 11.5. The van der Waals surface area contributed by atoms with E-state index in [4.69, 9.17) is 9.47 Å². The second kappa shape index (κ2) is 5.99. The molecule has 0 aromatic heterocycles. The van der Waals surface area contributed by atoms with Crippen molar-refractivity contribution in [1.82, 2.24) is 10.2 Å². The molecule has 2 aliphatic rings. The molecule has 5 heteroatoms. The Hall–Kier alpha value is -0.650. The molecule has 0 radical (unpaired) electrons. The van der Waals surface area contributed by atoms with Crippen LogP contribution < -0.4 is 5.32 Å². The van der Waals surface area contributed by atoms with Gasteiger partial charge in [-0.15, -0.1) is 0 Å². The number of hydrogen-bond donors (Lipinski definition) is 1. The van der Waals surface area contributed by atoms with Crippen molar-refractivity contribution in [3.05, 3.63) is 0 Å². The molecule has 0 spiro atoms. The Bertz CT molecular complexity index is 290. The Balaban J connectivity index is 2.00. The number of nitrogens with one attached hydrogen (secondary N) is 1. The Labute approximate surface area is 109 Å². The zero-order chi connectivity index (χ0) is 13.1. The number of carbonyl (C=O) groups is 1. The van der Waals surface area contributed by atoms with Gasteiger partial charge in [0.15, 0.2) is 0 Å². The fourth-order valence-electron chi connectivity index (χ4n) is 2.61. The van der Waals surface area contributed by atoms with E-state index in [2.05, 4.69) is 19.2 Å². The highest BCUT2D eigenvalue weighted by molar-refractivity contribution is 5.84.